The predicted octanol–water partition coefficient (Wildman–Crippen LogP) is 0.175. The molecule has 0 saturated heterocycles. The summed E-state index contributed by atoms with van der Waals surface area (Å²) in [5, 5.41) is 0. The van der Waals surface area contributed by atoms with Crippen molar-refractivity contribution in [1.29, 1.82) is 0 Å². The van der Waals surface area contributed by atoms with Gasteiger partial charge in [-0.15, -0.1) is 0 Å². The average Bonchev–Trinajstić information content (AvgIpc) is 2.16. The largest absolute Gasteiger partial charge is 0.411 e. The molecule has 0 atom stereocenters. The Bertz CT molecular complexity index is 161. The zero-order chi connectivity index (χ0) is 12.4. The molecular formula is C9H20F3N3O. The van der Waals surface area contributed by atoms with Crippen molar-refractivity contribution in [2.45, 2.75) is 12.6 Å². The third-order valence-electron chi connectivity index (χ3n) is 1.92. The summed E-state index contributed by atoms with van der Waals surface area (Å²) in [6.07, 6.45) is -3.69. The highest BCUT2D eigenvalue weighted by molar-refractivity contribution is 4.58. The molecule has 0 heterocycles. The SMILES string of the molecule is NCCN(CCN)CCCOCC(F)(F)F. The van der Waals surface area contributed by atoms with E-state index in [4.69, 9.17) is 11.5 Å². The topological polar surface area (TPSA) is 64.5 Å². The van der Waals surface area contributed by atoms with Crippen LogP contribution in [0.3, 0.4) is 0 Å². The summed E-state index contributed by atoms with van der Waals surface area (Å²) in [5.74, 6) is 0. The molecule has 4 nitrogen and oxygen atoms in total. The van der Waals surface area contributed by atoms with Crippen molar-refractivity contribution in [3.05, 3.63) is 0 Å². The molecule has 16 heavy (non-hydrogen) atoms. The van der Waals surface area contributed by atoms with Crippen LogP contribution in [0, 0.1) is 0 Å². The Morgan fingerprint density at radius 3 is 2.00 bits per heavy atom. The number of nitrogens with two attached hydrogens (primary N) is 2. The van der Waals surface area contributed by atoms with Gasteiger partial charge >= 0.3 is 6.18 Å². The third kappa shape index (κ3) is 10.2. The summed E-state index contributed by atoms with van der Waals surface area (Å²) >= 11 is 0. The van der Waals surface area contributed by atoms with Gasteiger partial charge in [-0.1, -0.05) is 0 Å². The van der Waals surface area contributed by atoms with Gasteiger partial charge in [0.2, 0.25) is 0 Å². The van der Waals surface area contributed by atoms with Crippen molar-refractivity contribution in [1.82, 2.24) is 4.90 Å². The Morgan fingerprint density at radius 1 is 1.00 bits per heavy atom. The van der Waals surface area contributed by atoms with Crippen molar-refractivity contribution in [2.24, 2.45) is 11.5 Å². The van der Waals surface area contributed by atoms with E-state index in [1.165, 1.54) is 0 Å². The van der Waals surface area contributed by atoms with E-state index in [0.29, 0.717) is 39.1 Å². The third-order valence-corrected chi connectivity index (χ3v) is 1.92. The van der Waals surface area contributed by atoms with Gasteiger partial charge in [-0.25, -0.2) is 0 Å². The Morgan fingerprint density at radius 2 is 1.56 bits per heavy atom. The van der Waals surface area contributed by atoms with Gasteiger partial charge in [0.25, 0.3) is 0 Å². The van der Waals surface area contributed by atoms with Gasteiger partial charge in [0.05, 0.1) is 0 Å². The summed E-state index contributed by atoms with van der Waals surface area (Å²) in [7, 11) is 0. The number of nitrogens with zero attached hydrogens (tertiary/aromatic N) is 1. The molecule has 0 aromatic carbocycles. The van der Waals surface area contributed by atoms with Gasteiger partial charge < -0.3 is 21.1 Å². The van der Waals surface area contributed by atoms with E-state index in [1.807, 2.05) is 4.90 Å². The highest BCUT2D eigenvalue weighted by Gasteiger charge is 2.27. The normalized spacial score (nSPS) is 12.4. The lowest BCUT2D eigenvalue weighted by Crippen LogP contribution is -2.35. The predicted molar refractivity (Wildman–Crippen MR) is 56.0 cm³/mol. The van der Waals surface area contributed by atoms with Gasteiger partial charge in [-0.05, 0) is 6.42 Å². The second-order valence-corrected chi connectivity index (χ2v) is 3.44. The maximum Gasteiger partial charge on any atom is 0.411 e. The van der Waals surface area contributed by atoms with Crippen molar-refractivity contribution in [3.63, 3.8) is 0 Å². The minimum Gasteiger partial charge on any atom is -0.372 e. The van der Waals surface area contributed by atoms with E-state index in [0.717, 1.165) is 0 Å². The van der Waals surface area contributed by atoms with Crippen LogP contribution >= 0.6 is 0 Å². The molecular weight excluding hydrogens is 223 g/mol. The molecule has 0 aliphatic carbocycles. The lowest BCUT2D eigenvalue weighted by Gasteiger charge is -2.20. The minimum absolute atomic E-state index is 0.102. The van der Waals surface area contributed by atoms with Crippen molar-refractivity contribution < 1.29 is 17.9 Å². The summed E-state index contributed by atoms with van der Waals surface area (Å²) in [5.41, 5.74) is 10.8. The first kappa shape index (κ1) is 15.6. The van der Waals surface area contributed by atoms with Crippen LogP contribution in [0.15, 0.2) is 0 Å². The first-order chi connectivity index (χ1) is 7.49. The fourth-order valence-electron chi connectivity index (χ4n) is 1.28. The summed E-state index contributed by atoms with van der Waals surface area (Å²) < 4.78 is 39.6. The second kappa shape index (κ2) is 8.74. The van der Waals surface area contributed by atoms with Gasteiger partial charge in [0, 0.05) is 39.3 Å². The van der Waals surface area contributed by atoms with Crippen molar-refractivity contribution in [3.8, 4) is 0 Å². The van der Waals surface area contributed by atoms with Crippen molar-refractivity contribution >= 4 is 0 Å². The number of rotatable bonds is 9. The molecule has 4 N–H and O–H groups in total. The van der Waals surface area contributed by atoms with E-state index in [2.05, 4.69) is 4.74 Å². The first-order valence-electron chi connectivity index (χ1n) is 5.26. The number of ether oxygens (including phenoxy) is 1. The van der Waals surface area contributed by atoms with E-state index >= 15 is 0 Å². The maximum absolute atomic E-state index is 11.7. The molecule has 0 unspecified atom stereocenters. The molecule has 0 amide bonds. The van der Waals surface area contributed by atoms with Gasteiger partial charge in [-0.3, -0.25) is 0 Å². The molecule has 7 heteroatoms. The number of alkyl halides is 3. The molecule has 0 radical (unpaired) electrons. The Kier molecular flexibility index (Phi) is 8.54. The summed E-state index contributed by atoms with van der Waals surface area (Å²) in [6.45, 7) is 2.03. The monoisotopic (exact) mass is 243 g/mol. The van der Waals surface area contributed by atoms with E-state index < -0.39 is 12.8 Å². The van der Waals surface area contributed by atoms with Gasteiger partial charge in [0.1, 0.15) is 6.61 Å². The molecule has 0 aromatic rings. The summed E-state index contributed by atoms with van der Waals surface area (Å²) in [6, 6.07) is 0. The van der Waals surface area contributed by atoms with Crippen LogP contribution in [0.4, 0.5) is 13.2 Å². The van der Waals surface area contributed by atoms with Crippen LogP contribution in [0.2, 0.25) is 0 Å². The minimum atomic E-state index is -4.24. The molecule has 0 aromatic heterocycles. The molecule has 0 aliphatic rings. The second-order valence-electron chi connectivity index (χ2n) is 3.44. The Balaban J connectivity index is 3.46. The lowest BCUT2D eigenvalue weighted by molar-refractivity contribution is -0.174. The smallest absolute Gasteiger partial charge is 0.372 e. The van der Waals surface area contributed by atoms with Gasteiger partial charge in [-0.2, -0.15) is 13.2 Å². The summed E-state index contributed by atoms with van der Waals surface area (Å²) in [4.78, 5) is 2.01. The highest BCUT2D eigenvalue weighted by atomic mass is 19.4. The van der Waals surface area contributed by atoms with Crippen LogP contribution in [-0.4, -0.2) is 57.0 Å². The Hall–Kier alpha value is -0.370. The fraction of sp³-hybridized carbons (Fsp3) is 1.00. The van der Waals surface area contributed by atoms with Crippen LogP contribution in [-0.2, 0) is 4.74 Å². The first-order valence-corrected chi connectivity index (χ1v) is 5.26. The van der Waals surface area contributed by atoms with Crippen molar-refractivity contribution in [2.75, 3.05) is 45.9 Å². The van der Waals surface area contributed by atoms with E-state index in [9.17, 15) is 13.2 Å². The molecule has 0 rings (SSSR count). The van der Waals surface area contributed by atoms with Crippen LogP contribution in [0.5, 0.6) is 0 Å². The van der Waals surface area contributed by atoms with Crippen LogP contribution in [0.25, 0.3) is 0 Å². The maximum atomic E-state index is 11.7. The molecule has 0 spiro atoms. The molecule has 0 saturated carbocycles. The lowest BCUT2D eigenvalue weighted by atomic mass is 10.3. The number of hydrogen-bond donors (Lipinski definition) is 2. The zero-order valence-corrected chi connectivity index (χ0v) is 9.30. The molecule has 0 bridgehead atoms. The molecule has 98 valence electrons. The fourth-order valence-corrected chi connectivity index (χ4v) is 1.28. The van der Waals surface area contributed by atoms with Crippen LogP contribution < -0.4 is 11.5 Å². The molecule has 0 aliphatic heterocycles. The standard InChI is InChI=1S/C9H20F3N3O/c10-9(11,12)8-16-7-1-4-15(5-2-13)6-3-14/h1-8,13-14H2. The van der Waals surface area contributed by atoms with Crippen LogP contribution in [0.1, 0.15) is 6.42 Å². The van der Waals surface area contributed by atoms with E-state index in [-0.39, 0.29) is 6.61 Å². The zero-order valence-electron chi connectivity index (χ0n) is 9.30. The highest BCUT2D eigenvalue weighted by Crippen LogP contribution is 2.14. The van der Waals surface area contributed by atoms with Gasteiger partial charge in [0.15, 0.2) is 0 Å². The molecule has 0 fully saturated rings. The Labute approximate surface area is 93.7 Å². The quantitative estimate of drug-likeness (QED) is 0.567. The number of halogens is 3. The number of hydrogen-bond acceptors (Lipinski definition) is 4. The van der Waals surface area contributed by atoms with E-state index in [1.54, 1.807) is 0 Å². The average molecular weight is 243 g/mol.